The van der Waals surface area contributed by atoms with Gasteiger partial charge in [0.15, 0.2) is 11.5 Å². The lowest BCUT2D eigenvalue weighted by molar-refractivity contribution is -0.122. The van der Waals surface area contributed by atoms with Crippen LogP contribution in [0.5, 0.6) is 11.5 Å². The molecule has 0 bridgehead atoms. The summed E-state index contributed by atoms with van der Waals surface area (Å²) in [7, 11) is 2.08. The van der Waals surface area contributed by atoms with Gasteiger partial charge in [-0.15, -0.1) is 0 Å². The molecule has 31 heavy (non-hydrogen) atoms. The van der Waals surface area contributed by atoms with E-state index >= 15 is 0 Å². The molecule has 4 rings (SSSR count). The van der Waals surface area contributed by atoms with Crippen molar-refractivity contribution in [3.05, 3.63) is 54.1 Å². The third kappa shape index (κ3) is 6.12. The van der Waals surface area contributed by atoms with Crippen molar-refractivity contribution in [2.75, 3.05) is 64.6 Å². The number of rotatable bonds is 9. The fourth-order valence-corrected chi connectivity index (χ4v) is 4.02. The third-order valence-corrected chi connectivity index (χ3v) is 5.86. The number of nitrogens with zero attached hydrogens (tertiary/aromatic N) is 3. The average molecular weight is 425 g/mol. The number of ether oxygens (including phenoxy) is 2. The number of hydrogen-bond donors (Lipinski definition) is 1. The first-order chi connectivity index (χ1) is 15.2. The zero-order valence-electron chi connectivity index (χ0n) is 18.3. The van der Waals surface area contributed by atoms with Crippen molar-refractivity contribution in [2.24, 2.45) is 0 Å². The van der Waals surface area contributed by atoms with Crippen molar-refractivity contribution in [1.29, 1.82) is 0 Å². The van der Waals surface area contributed by atoms with Gasteiger partial charge in [0.25, 0.3) is 0 Å². The smallest absolute Gasteiger partial charge is 0.234 e. The molecule has 1 saturated heterocycles. The molecule has 2 aliphatic heterocycles. The van der Waals surface area contributed by atoms with Gasteiger partial charge in [0, 0.05) is 58.5 Å². The molecule has 2 aromatic rings. The Balaban J connectivity index is 1.10. The van der Waals surface area contributed by atoms with E-state index in [2.05, 4.69) is 51.3 Å². The summed E-state index contributed by atoms with van der Waals surface area (Å²) < 4.78 is 10.8. The third-order valence-electron chi connectivity index (χ3n) is 5.86. The van der Waals surface area contributed by atoms with E-state index in [1.165, 1.54) is 11.3 Å². The summed E-state index contributed by atoms with van der Waals surface area (Å²) in [6.45, 7) is 7.06. The maximum absolute atomic E-state index is 12.3. The molecular formula is C24H32N4O3. The van der Waals surface area contributed by atoms with Crippen LogP contribution in [-0.4, -0.2) is 75.4 Å². The molecule has 1 N–H and O–H groups in total. The van der Waals surface area contributed by atoms with Crippen molar-refractivity contribution in [2.45, 2.75) is 13.0 Å². The Kier molecular flexibility index (Phi) is 7.27. The minimum atomic E-state index is 0.117. The minimum Gasteiger partial charge on any atom is -0.454 e. The maximum atomic E-state index is 12.3. The second-order valence-corrected chi connectivity index (χ2v) is 8.20. The number of anilines is 1. The van der Waals surface area contributed by atoms with Gasteiger partial charge in [0.05, 0.1) is 6.54 Å². The molecule has 7 nitrogen and oxygen atoms in total. The molecule has 166 valence electrons. The van der Waals surface area contributed by atoms with E-state index in [0.29, 0.717) is 19.9 Å². The van der Waals surface area contributed by atoms with Crippen LogP contribution < -0.4 is 19.7 Å². The van der Waals surface area contributed by atoms with Gasteiger partial charge in [-0.3, -0.25) is 14.6 Å². The number of para-hydroxylation sites is 1. The van der Waals surface area contributed by atoms with Gasteiger partial charge in [-0.2, -0.15) is 0 Å². The van der Waals surface area contributed by atoms with Crippen LogP contribution in [0.1, 0.15) is 12.0 Å². The Labute approximate surface area is 184 Å². The second kappa shape index (κ2) is 10.5. The number of amides is 1. The molecule has 2 aromatic carbocycles. The number of carbonyl (C=O) groups excluding carboxylic acids is 1. The average Bonchev–Trinajstić information content (AvgIpc) is 3.26. The van der Waals surface area contributed by atoms with Crippen LogP contribution in [0.4, 0.5) is 5.69 Å². The monoisotopic (exact) mass is 424 g/mol. The lowest BCUT2D eigenvalue weighted by Crippen LogP contribution is -2.49. The number of fused-ring (bicyclic) bond motifs is 1. The van der Waals surface area contributed by atoms with Gasteiger partial charge in [-0.25, -0.2) is 0 Å². The zero-order valence-corrected chi connectivity index (χ0v) is 18.3. The molecule has 2 heterocycles. The van der Waals surface area contributed by atoms with Crippen LogP contribution in [0.15, 0.2) is 48.5 Å². The molecule has 0 radical (unpaired) electrons. The van der Waals surface area contributed by atoms with Gasteiger partial charge in [0.1, 0.15) is 0 Å². The van der Waals surface area contributed by atoms with E-state index in [1.54, 1.807) is 0 Å². The molecule has 0 spiro atoms. The number of nitrogens with one attached hydrogen (secondary N) is 1. The SMILES string of the molecule is CN(CCCNC(=O)CN1CCN(Cc2ccc3c(c2)OCO3)CC1)c1ccccc1. The fraction of sp³-hybridized carbons (Fsp3) is 0.458. The summed E-state index contributed by atoms with van der Waals surface area (Å²) in [5.74, 6) is 1.78. The normalized spacial score (nSPS) is 16.3. The van der Waals surface area contributed by atoms with Crippen molar-refractivity contribution < 1.29 is 14.3 Å². The molecule has 0 unspecified atom stereocenters. The topological polar surface area (TPSA) is 57.3 Å². The van der Waals surface area contributed by atoms with Crippen LogP contribution in [-0.2, 0) is 11.3 Å². The Morgan fingerprint density at radius 2 is 1.74 bits per heavy atom. The van der Waals surface area contributed by atoms with Gasteiger partial charge < -0.3 is 19.7 Å². The van der Waals surface area contributed by atoms with Crippen LogP contribution >= 0.6 is 0 Å². The largest absolute Gasteiger partial charge is 0.454 e. The first kappa shape index (κ1) is 21.5. The van der Waals surface area contributed by atoms with E-state index < -0.39 is 0 Å². The first-order valence-corrected chi connectivity index (χ1v) is 11.0. The molecule has 1 amide bonds. The van der Waals surface area contributed by atoms with Crippen LogP contribution in [0.3, 0.4) is 0 Å². The molecule has 7 heteroatoms. The zero-order chi connectivity index (χ0) is 21.5. The summed E-state index contributed by atoms with van der Waals surface area (Å²) in [4.78, 5) is 19.2. The van der Waals surface area contributed by atoms with Crippen molar-refractivity contribution >= 4 is 11.6 Å². The lowest BCUT2D eigenvalue weighted by Gasteiger charge is -2.34. The summed E-state index contributed by atoms with van der Waals surface area (Å²) in [5, 5.41) is 3.07. The highest BCUT2D eigenvalue weighted by molar-refractivity contribution is 5.78. The molecule has 0 atom stereocenters. The molecule has 0 aliphatic carbocycles. The second-order valence-electron chi connectivity index (χ2n) is 8.20. The maximum Gasteiger partial charge on any atom is 0.234 e. The van der Waals surface area contributed by atoms with Crippen molar-refractivity contribution in [3.63, 3.8) is 0 Å². The van der Waals surface area contributed by atoms with Crippen LogP contribution in [0.2, 0.25) is 0 Å². The summed E-state index contributed by atoms with van der Waals surface area (Å²) in [5.41, 5.74) is 2.43. The molecule has 2 aliphatic rings. The van der Waals surface area contributed by atoms with Crippen molar-refractivity contribution in [3.8, 4) is 11.5 Å². The standard InChI is InChI=1S/C24H32N4O3/c1-26(21-6-3-2-4-7-21)11-5-10-25-24(29)18-28-14-12-27(13-15-28)17-20-8-9-22-23(16-20)31-19-30-22/h2-4,6-9,16H,5,10-15,17-19H2,1H3,(H,25,29). The summed E-state index contributed by atoms with van der Waals surface area (Å²) in [6, 6.07) is 16.5. The van der Waals surface area contributed by atoms with Gasteiger partial charge in [0.2, 0.25) is 12.7 Å². The van der Waals surface area contributed by atoms with Crippen LogP contribution in [0.25, 0.3) is 0 Å². The number of piperazine rings is 1. The number of carbonyl (C=O) groups is 1. The van der Waals surface area contributed by atoms with E-state index in [4.69, 9.17) is 9.47 Å². The highest BCUT2D eigenvalue weighted by Gasteiger charge is 2.20. The molecule has 0 saturated carbocycles. The van der Waals surface area contributed by atoms with Gasteiger partial charge in [-0.1, -0.05) is 24.3 Å². The summed E-state index contributed by atoms with van der Waals surface area (Å²) in [6.07, 6.45) is 0.931. The lowest BCUT2D eigenvalue weighted by atomic mass is 10.1. The van der Waals surface area contributed by atoms with Crippen LogP contribution in [0, 0.1) is 0 Å². The van der Waals surface area contributed by atoms with Crippen molar-refractivity contribution in [1.82, 2.24) is 15.1 Å². The molecular weight excluding hydrogens is 392 g/mol. The number of benzene rings is 2. The Morgan fingerprint density at radius 3 is 2.55 bits per heavy atom. The van der Waals surface area contributed by atoms with Gasteiger partial charge in [-0.05, 0) is 36.2 Å². The molecule has 1 fully saturated rings. The minimum absolute atomic E-state index is 0.117. The summed E-state index contributed by atoms with van der Waals surface area (Å²) >= 11 is 0. The predicted octanol–water partition coefficient (Wildman–Crippen LogP) is 2.18. The highest BCUT2D eigenvalue weighted by atomic mass is 16.7. The van der Waals surface area contributed by atoms with Gasteiger partial charge >= 0.3 is 0 Å². The number of hydrogen-bond acceptors (Lipinski definition) is 6. The Morgan fingerprint density at radius 1 is 1.00 bits per heavy atom. The fourth-order valence-electron chi connectivity index (χ4n) is 4.02. The first-order valence-electron chi connectivity index (χ1n) is 11.0. The molecule has 0 aromatic heterocycles. The van der Waals surface area contributed by atoms with E-state index in [0.717, 1.165) is 57.2 Å². The van der Waals surface area contributed by atoms with E-state index in [9.17, 15) is 4.79 Å². The highest BCUT2D eigenvalue weighted by Crippen LogP contribution is 2.32. The van der Waals surface area contributed by atoms with E-state index in [-0.39, 0.29) is 5.91 Å². The Bertz CT molecular complexity index is 853. The van der Waals surface area contributed by atoms with E-state index in [1.807, 2.05) is 24.3 Å². The quantitative estimate of drug-likeness (QED) is 0.623. The predicted molar refractivity (Wildman–Crippen MR) is 122 cm³/mol. The Hall–Kier alpha value is -2.77.